The number of hydrogen-bond acceptors (Lipinski definition) is 5. The quantitative estimate of drug-likeness (QED) is 0.662. The van der Waals surface area contributed by atoms with Gasteiger partial charge >= 0.3 is 0 Å². The first-order valence-corrected chi connectivity index (χ1v) is 10.9. The number of rotatable bonds is 6. The van der Waals surface area contributed by atoms with Crippen molar-refractivity contribution in [3.05, 3.63) is 53.6 Å². The van der Waals surface area contributed by atoms with E-state index in [1.165, 1.54) is 0 Å². The molecule has 1 aliphatic heterocycles. The van der Waals surface area contributed by atoms with Gasteiger partial charge in [-0.05, 0) is 54.7 Å². The van der Waals surface area contributed by atoms with Crippen LogP contribution in [0.4, 0.5) is 5.69 Å². The lowest BCUT2D eigenvalue weighted by Crippen LogP contribution is -2.53. The number of hydrogen-bond donors (Lipinski definition) is 3. The number of aliphatic hydroxyl groups is 1. The van der Waals surface area contributed by atoms with Gasteiger partial charge in [-0.15, -0.1) is 0 Å². The van der Waals surface area contributed by atoms with Gasteiger partial charge in [0.05, 0.1) is 0 Å². The summed E-state index contributed by atoms with van der Waals surface area (Å²) in [6, 6.07) is 13.8. The lowest BCUT2D eigenvalue weighted by Gasteiger charge is -2.35. The average Bonchev–Trinajstić information content (AvgIpc) is 3.57. The number of carbonyl (C=O) groups excluding carboxylic acids is 2. The Balaban J connectivity index is 1.41. The molecular weight excluding hydrogens is 392 g/mol. The van der Waals surface area contributed by atoms with Crippen LogP contribution in [0.3, 0.4) is 0 Å². The van der Waals surface area contributed by atoms with Crippen molar-refractivity contribution in [1.29, 1.82) is 0 Å². The lowest BCUT2D eigenvalue weighted by molar-refractivity contribution is -0.143. The molecule has 0 spiro atoms. The van der Waals surface area contributed by atoms with Gasteiger partial charge in [-0.1, -0.05) is 24.3 Å². The molecule has 0 aromatic heterocycles. The number of anilines is 1. The maximum absolute atomic E-state index is 12.9. The zero-order valence-electron chi connectivity index (χ0n) is 17.9. The first kappa shape index (κ1) is 21.3. The SMILES string of the molecule is CCNc1cc(-c2ccc(C(=O)N3CCN(C(=O)C4(O)CC4)CC3)cc2)ccc1CN. The van der Waals surface area contributed by atoms with Crippen molar-refractivity contribution in [3.63, 3.8) is 0 Å². The Morgan fingerprint density at radius 2 is 1.61 bits per heavy atom. The van der Waals surface area contributed by atoms with Gasteiger partial charge in [0.1, 0.15) is 5.60 Å². The molecule has 2 aromatic rings. The monoisotopic (exact) mass is 422 g/mol. The minimum atomic E-state index is -1.14. The van der Waals surface area contributed by atoms with Crippen molar-refractivity contribution < 1.29 is 14.7 Å². The van der Waals surface area contributed by atoms with Crippen LogP contribution in [0.2, 0.25) is 0 Å². The Hall–Kier alpha value is -2.90. The molecular formula is C24H30N4O3. The van der Waals surface area contributed by atoms with Crippen LogP contribution in [-0.4, -0.2) is 65.0 Å². The molecule has 0 unspecified atom stereocenters. The second-order valence-electron chi connectivity index (χ2n) is 8.30. The van der Waals surface area contributed by atoms with Crippen molar-refractivity contribution in [2.45, 2.75) is 31.9 Å². The highest BCUT2D eigenvalue weighted by molar-refractivity contribution is 5.95. The van der Waals surface area contributed by atoms with E-state index in [1.807, 2.05) is 36.4 Å². The third-order valence-corrected chi connectivity index (χ3v) is 6.14. The van der Waals surface area contributed by atoms with E-state index >= 15 is 0 Å². The summed E-state index contributed by atoms with van der Waals surface area (Å²) >= 11 is 0. The Labute approximate surface area is 182 Å². The number of nitrogens with zero attached hydrogens (tertiary/aromatic N) is 2. The number of amides is 2. The molecule has 0 bridgehead atoms. The molecule has 2 fully saturated rings. The van der Waals surface area contributed by atoms with Crippen LogP contribution in [-0.2, 0) is 11.3 Å². The van der Waals surface area contributed by atoms with Crippen molar-refractivity contribution in [1.82, 2.24) is 9.80 Å². The Bertz CT molecular complexity index is 961. The lowest BCUT2D eigenvalue weighted by atomic mass is 10.0. The van der Waals surface area contributed by atoms with E-state index in [4.69, 9.17) is 5.73 Å². The summed E-state index contributed by atoms with van der Waals surface area (Å²) < 4.78 is 0. The van der Waals surface area contributed by atoms with Gasteiger partial charge in [-0.25, -0.2) is 0 Å². The molecule has 7 nitrogen and oxygen atoms in total. The molecule has 0 atom stereocenters. The van der Waals surface area contributed by atoms with Gasteiger partial charge in [-0.2, -0.15) is 0 Å². The van der Waals surface area contributed by atoms with Gasteiger partial charge in [0.25, 0.3) is 11.8 Å². The molecule has 7 heteroatoms. The average molecular weight is 423 g/mol. The summed E-state index contributed by atoms with van der Waals surface area (Å²) in [6.45, 7) is 5.24. The van der Waals surface area contributed by atoms with Crippen LogP contribution >= 0.6 is 0 Å². The molecule has 2 aromatic carbocycles. The van der Waals surface area contributed by atoms with Crippen molar-refractivity contribution in [2.75, 3.05) is 38.0 Å². The number of carbonyl (C=O) groups is 2. The molecule has 1 saturated heterocycles. The molecule has 2 aliphatic rings. The molecule has 31 heavy (non-hydrogen) atoms. The van der Waals surface area contributed by atoms with Crippen LogP contribution in [0.15, 0.2) is 42.5 Å². The summed E-state index contributed by atoms with van der Waals surface area (Å²) in [5.41, 5.74) is 9.53. The van der Waals surface area contributed by atoms with Gasteiger partial charge in [0.2, 0.25) is 0 Å². The highest BCUT2D eigenvalue weighted by Gasteiger charge is 2.50. The minimum Gasteiger partial charge on any atom is -0.385 e. The Kier molecular flexibility index (Phi) is 5.98. The fourth-order valence-electron chi connectivity index (χ4n) is 4.02. The molecule has 1 saturated carbocycles. The molecule has 0 radical (unpaired) electrons. The first-order valence-electron chi connectivity index (χ1n) is 10.9. The van der Waals surface area contributed by atoms with Crippen molar-refractivity contribution in [2.24, 2.45) is 5.73 Å². The summed E-state index contributed by atoms with van der Waals surface area (Å²) in [5.74, 6) is -0.225. The minimum absolute atomic E-state index is 0.0319. The number of benzene rings is 2. The van der Waals surface area contributed by atoms with E-state index in [0.717, 1.165) is 28.9 Å². The summed E-state index contributed by atoms with van der Waals surface area (Å²) in [7, 11) is 0. The summed E-state index contributed by atoms with van der Waals surface area (Å²) in [5, 5.41) is 13.4. The van der Waals surface area contributed by atoms with Gasteiger partial charge in [-0.3, -0.25) is 9.59 Å². The smallest absolute Gasteiger partial charge is 0.254 e. The maximum Gasteiger partial charge on any atom is 0.254 e. The standard InChI is InChI=1S/C24H30N4O3/c1-2-26-21-15-19(7-8-20(21)16-25)17-3-5-18(6-4-17)22(29)27-11-13-28(14-12-27)23(30)24(31)9-10-24/h3-8,15,26,31H,2,9-14,16,25H2,1H3. The Morgan fingerprint density at radius 1 is 1.00 bits per heavy atom. The third kappa shape index (κ3) is 4.43. The molecule has 1 heterocycles. The van der Waals surface area contributed by atoms with E-state index in [-0.39, 0.29) is 11.8 Å². The zero-order chi connectivity index (χ0) is 22.0. The molecule has 4 rings (SSSR count). The van der Waals surface area contributed by atoms with Crippen LogP contribution in [0.5, 0.6) is 0 Å². The largest absolute Gasteiger partial charge is 0.385 e. The highest BCUT2D eigenvalue weighted by Crippen LogP contribution is 2.37. The maximum atomic E-state index is 12.9. The fraction of sp³-hybridized carbons (Fsp3) is 0.417. The van der Waals surface area contributed by atoms with Crippen LogP contribution < -0.4 is 11.1 Å². The van der Waals surface area contributed by atoms with Crippen LogP contribution in [0.1, 0.15) is 35.7 Å². The van der Waals surface area contributed by atoms with E-state index in [1.54, 1.807) is 9.80 Å². The van der Waals surface area contributed by atoms with Crippen LogP contribution in [0.25, 0.3) is 11.1 Å². The van der Waals surface area contributed by atoms with Gasteiger partial charge < -0.3 is 26.0 Å². The normalized spacial score (nSPS) is 17.4. The topological polar surface area (TPSA) is 98.9 Å². The second-order valence-corrected chi connectivity index (χ2v) is 8.30. The third-order valence-electron chi connectivity index (χ3n) is 6.14. The van der Waals surface area contributed by atoms with E-state index in [2.05, 4.69) is 18.3 Å². The molecule has 1 aliphatic carbocycles. The number of piperazine rings is 1. The Morgan fingerprint density at radius 3 is 2.19 bits per heavy atom. The predicted octanol–water partition coefficient (Wildman–Crippen LogP) is 2.05. The molecule has 164 valence electrons. The number of nitrogens with one attached hydrogen (secondary N) is 1. The van der Waals surface area contributed by atoms with E-state index in [9.17, 15) is 14.7 Å². The highest BCUT2D eigenvalue weighted by atomic mass is 16.3. The van der Waals surface area contributed by atoms with Crippen molar-refractivity contribution >= 4 is 17.5 Å². The second kappa shape index (κ2) is 8.69. The predicted molar refractivity (Wildman–Crippen MR) is 121 cm³/mol. The van der Waals surface area contributed by atoms with Crippen molar-refractivity contribution in [3.8, 4) is 11.1 Å². The van der Waals surface area contributed by atoms with Crippen LogP contribution in [0, 0.1) is 0 Å². The summed E-state index contributed by atoms with van der Waals surface area (Å²) in [4.78, 5) is 28.6. The number of nitrogens with two attached hydrogens (primary N) is 1. The molecule has 2 amide bonds. The van der Waals surface area contributed by atoms with Gasteiger partial charge in [0, 0.05) is 50.5 Å². The molecule has 4 N–H and O–H groups in total. The summed E-state index contributed by atoms with van der Waals surface area (Å²) in [6.07, 6.45) is 1.09. The first-order chi connectivity index (χ1) is 14.9. The van der Waals surface area contributed by atoms with E-state index in [0.29, 0.717) is 51.1 Å². The fourth-order valence-corrected chi connectivity index (χ4v) is 4.02. The van der Waals surface area contributed by atoms with Gasteiger partial charge in [0.15, 0.2) is 0 Å². The van der Waals surface area contributed by atoms with E-state index < -0.39 is 5.60 Å². The zero-order valence-corrected chi connectivity index (χ0v) is 17.9.